The van der Waals surface area contributed by atoms with Crippen LogP contribution >= 0.6 is 0 Å². The van der Waals surface area contributed by atoms with Crippen molar-refractivity contribution in [3.63, 3.8) is 0 Å². The van der Waals surface area contributed by atoms with Crippen molar-refractivity contribution < 1.29 is 14.8 Å². The van der Waals surface area contributed by atoms with Crippen LogP contribution < -0.4 is 5.32 Å². The average molecular weight is 287 g/mol. The van der Waals surface area contributed by atoms with Crippen LogP contribution in [0.25, 0.3) is 0 Å². The van der Waals surface area contributed by atoms with E-state index in [1.807, 2.05) is 0 Å². The molecule has 0 aliphatic heterocycles. The van der Waals surface area contributed by atoms with Crippen molar-refractivity contribution >= 4 is 11.6 Å². The van der Waals surface area contributed by atoms with E-state index < -0.39 is 22.3 Å². The van der Waals surface area contributed by atoms with Crippen LogP contribution in [-0.2, 0) is 0 Å². The Kier molecular flexibility index (Phi) is 4.13. The minimum Gasteiger partial charge on any atom is -0.502 e. The first kappa shape index (κ1) is 14.4. The predicted octanol–water partition coefficient (Wildman–Crippen LogP) is 2.19. The lowest BCUT2D eigenvalue weighted by Crippen LogP contribution is -2.26. The molecule has 7 nitrogen and oxygen atoms in total. The van der Waals surface area contributed by atoms with Gasteiger partial charge in [0.25, 0.3) is 5.91 Å². The van der Waals surface area contributed by atoms with Gasteiger partial charge in [0.1, 0.15) is 0 Å². The van der Waals surface area contributed by atoms with Crippen molar-refractivity contribution in [1.82, 2.24) is 10.3 Å². The van der Waals surface area contributed by atoms with E-state index in [1.54, 1.807) is 31.5 Å². The predicted molar refractivity (Wildman–Crippen MR) is 74.9 cm³/mol. The average Bonchev–Trinajstić information content (AvgIpc) is 2.47. The molecule has 1 aromatic heterocycles. The molecule has 2 N–H and O–H groups in total. The number of aromatic nitrogens is 1. The van der Waals surface area contributed by atoms with E-state index in [4.69, 9.17) is 0 Å². The van der Waals surface area contributed by atoms with Crippen molar-refractivity contribution in [2.45, 2.75) is 13.0 Å². The molecule has 2 aromatic rings. The lowest BCUT2D eigenvalue weighted by Gasteiger charge is -2.14. The van der Waals surface area contributed by atoms with Gasteiger partial charge in [-0.05, 0) is 24.6 Å². The van der Waals surface area contributed by atoms with Gasteiger partial charge in [-0.1, -0.05) is 12.1 Å². The molecule has 0 aliphatic rings. The number of amides is 1. The number of nitrogens with one attached hydrogen (secondary N) is 1. The van der Waals surface area contributed by atoms with Gasteiger partial charge in [0.05, 0.1) is 16.5 Å². The number of nitrogens with zero attached hydrogens (tertiary/aromatic N) is 2. The summed E-state index contributed by atoms with van der Waals surface area (Å²) in [6.07, 6.45) is 3.22. The number of carbonyl (C=O) groups is 1. The fourth-order valence-corrected chi connectivity index (χ4v) is 1.85. The highest BCUT2D eigenvalue weighted by molar-refractivity contribution is 5.98. The number of aromatic hydroxyl groups is 1. The van der Waals surface area contributed by atoms with E-state index in [0.717, 1.165) is 11.6 Å². The summed E-state index contributed by atoms with van der Waals surface area (Å²) in [5.41, 5.74) is 0.146. The lowest BCUT2D eigenvalue weighted by atomic mass is 10.1. The summed E-state index contributed by atoms with van der Waals surface area (Å²) in [4.78, 5) is 26.1. The minimum atomic E-state index is -0.739. The fraction of sp³-hybridized carbons (Fsp3) is 0.143. The highest BCUT2D eigenvalue weighted by atomic mass is 16.6. The Morgan fingerprint density at radius 1 is 1.38 bits per heavy atom. The number of carbonyl (C=O) groups excluding carboxylic acids is 1. The quantitative estimate of drug-likeness (QED) is 0.662. The zero-order valence-electron chi connectivity index (χ0n) is 11.2. The molecule has 1 unspecified atom stereocenters. The third kappa shape index (κ3) is 3.14. The molecule has 1 heterocycles. The van der Waals surface area contributed by atoms with Crippen LogP contribution in [0.4, 0.5) is 5.69 Å². The summed E-state index contributed by atoms with van der Waals surface area (Å²) in [6.45, 7) is 1.75. The Morgan fingerprint density at radius 3 is 2.76 bits per heavy atom. The van der Waals surface area contributed by atoms with Crippen molar-refractivity contribution in [3.05, 3.63) is 64.0 Å². The van der Waals surface area contributed by atoms with Gasteiger partial charge in [0.15, 0.2) is 0 Å². The van der Waals surface area contributed by atoms with Crippen molar-refractivity contribution in [3.8, 4) is 5.75 Å². The molecule has 1 aromatic carbocycles. The summed E-state index contributed by atoms with van der Waals surface area (Å²) in [6, 6.07) is 7.00. The third-order valence-corrected chi connectivity index (χ3v) is 2.99. The van der Waals surface area contributed by atoms with E-state index in [-0.39, 0.29) is 11.6 Å². The van der Waals surface area contributed by atoms with E-state index in [2.05, 4.69) is 10.3 Å². The first-order chi connectivity index (χ1) is 10.0. The normalized spacial score (nSPS) is 11.7. The molecule has 0 aliphatic carbocycles. The zero-order chi connectivity index (χ0) is 15.4. The Morgan fingerprint density at radius 2 is 2.14 bits per heavy atom. The molecule has 0 bridgehead atoms. The van der Waals surface area contributed by atoms with Gasteiger partial charge in [-0.25, -0.2) is 0 Å². The van der Waals surface area contributed by atoms with Gasteiger partial charge in [0, 0.05) is 18.5 Å². The number of hydrogen-bond acceptors (Lipinski definition) is 5. The van der Waals surface area contributed by atoms with E-state index in [9.17, 15) is 20.0 Å². The van der Waals surface area contributed by atoms with Crippen molar-refractivity contribution in [1.29, 1.82) is 0 Å². The van der Waals surface area contributed by atoms with E-state index in [0.29, 0.717) is 0 Å². The number of pyridine rings is 1. The molecule has 7 heteroatoms. The standard InChI is InChI=1S/C14H13N3O4/c1-9(10-4-3-7-15-8-10)16-14(19)11-5-2-6-12(13(11)18)17(20)21/h2-9,18H,1H3,(H,16,19). The number of para-hydroxylation sites is 1. The number of nitro groups is 1. The molecule has 2 rings (SSSR count). The number of rotatable bonds is 4. The molecule has 21 heavy (non-hydrogen) atoms. The second-order valence-electron chi connectivity index (χ2n) is 4.41. The lowest BCUT2D eigenvalue weighted by molar-refractivity contribution is -0.385. The highest BCUT2D eigenvalue weighted by Crippen LogP contribution is 2.29. The molecular weight excluding hydrogens is 274 g/mol. The van der Waals surface area contributed by atoms with Gasteiger partial charge in [0.2, 0.25) is 5.75 Å². The van der Waals surface area contributed by atoms with Gasteiger partial charge in [-0.3, -0.25) is 19.9 Å². The number of hydrogen-bond donors (Lipinski definition) is 2. The molecule has 0 saturated heterocycles. The second-order valence-corrected chi connectivity index (χ2v) is 4.41. The molecular formula is C14H13N3O4. The summed E-state index contributed by atoms with van der Waals surface area (Å²) in [7, 11) is 0. The monoisotopic (exact) mass is 287 g/mol. The van der Waals surface area contributed by atoms with Crippen LogP contribution in [0.1, 0.15) is 28.9 Å². The molecule has 0 spiro atoms. The van der Waals surface area contributed by atoms with Crippen LogP contribution in [0, 0.1) is 10.1 Å². The summed E-state index contributed by atoms with van der Waals surface area (Å²) >= 11 is 0. The smallest absolute Gasteiger partial charge is 0.311 e. The molecule has 1 atom stereocenters. The summed E-state index contributed by atoms with van der Waals surface area (Å²) in [5.74, 6) is -1.23. The van der Waals surface area contributed by atoms with Crippen LogP contribution in [0.2, 0.25) is 0 Å². The van der Waals surface area contributed by atoms with Crippen molar-refractivity contribution in [2.24, 2.45) is 0 Å². The fourth-order valence-electron chi connectivity index (χ4n) is 1.85. The van der Waals surface area contributed by atoms with Crippen LogP contribution in [0.5, 0.6) is 5.75 Å². The maximum Gasteiger partial charge on any atom is 0.311 e. The summed E-state index contributed by atoms with van der Waals surface area (Å²) in [5, 5.41) is 23.2. The van der Waals surface area contributed by atoms with Crippen LogP contribution in [-0.4, -0.2) is 20.9 Å². The number of phenols is 1. The minimum absolute atomic E-state index is 0.139. The maximum atomic E-state index is 12.1. The Labute approximate surface area is 120 Å². The first-order valence-corrected chi connectivity index (χ1v) is 6.18. The van der Waals surface area contributed by atoms with Crippen LogP contribution in [0.15, 0.2) is 42.7 Å². The summed E-state index contributed by atoms with van der Waals surface area (Å²) < 4.78 is 0. The van der Waals surface area contributed by atoms with Crippen LogP contribution in [0.3, 0.4) is 0 Å². The van der Waals surface area contributed by atoms with Crippen molar-refractivity contribution in [2.75, 3.05) is 0 Å². The topological polar surface area (TPSA) is 105 Å². The first-order valence-electron chi connectivity index (χ1n) is 6.18. The number of phenolic OH excluding ortho intramolecular Hbond substituents is 1. The molecule has 108 valence electrons. The van der Waals surface area contributed by atoms with E-state index >= 15 is 0 Å². The van der Waals surface area contributed by atoms with Gasteiger partial charge in [-0.15, -0.1) is 0 Å². The molecule has 0 radical (unpaired) electrons. The molecule has 0 fully saturated rings. The zero-order valence-corrected chi connectivity index (χ0v) is 11.2. The van der Waals surface area contributed by atoms with Gasteiger partial charge >= 0.3 is 5.69 Å². The Bertz CT molecular complexity index is 673. The molecule has 0 saturated carbocycles. The Balaban J connectivity index is 2.22. The third-order valence-electron chi connectivity index (χ3n) is 2.99. The van der Waals surface area contributed by atoms with Gasteiger partial charge < -0.3 is 10.4 Å². The van der Waals surface area contributed by atoms with E-state index in [1.165, 1.54) is 12.1 Å². The maximum absolute atomic E-state index is 12.1. The second kappa shape index (κ2) is 6.00. The highest BCUT2D eigenvalue weighted by Gasteiger charge is 2.22. The SMILES string of the molecule is CC(NC(=O)c1cccc([N+](=O)[O-])c1O)c1cccnc1. The Hall–Kier alpha value is -2.96. The molecule has 1 amide bonds. The van der Waals surface area contributed by atoms with Gasteiger partial charge in [-0.2, -0.15) is 0 Å². The number of nitro benzene ring substituents is 1. The number of benzene rings is 1. The largest absolute Gasteiger partial charge is 0.502 e.